The van der Waals surface area contributed by atoms with Crippen LogP contribution < -0.4 is 20.5 Å². The van der Waals surface area contributed by atoms with Gasteiger partial charge >= 0.3 is 6.18 Å². The number of halogens is 3. The third kappa shape index (κ3) is 4.77. The molecular formula is C16H21F3N2O3. The van der Waals surface area contributed by atoms with Gasteiger partial charge in [0, 0.05) is 11.8 Å². The van der Waals surface area contributed by atoms with E-state index >= 15 is 0 Å². The molecule has 0 heterocycles. The summed E-state index contributed by atoms with van der Waals surface area (Å²) in [4.78, 5) is 12.4. The summed E-state index contributed by atoms with van der Waals surface area (Å²) in [5.74, 6) is -0.283. The summed E-state index contributed by atoms with van der Waals surface area (Å²) in [6.07, 6.45) is -0.477. The van der Waals surface area contributed by atoms with E-state index in [1.165, 1.54) is 25.3 Å². The average Bonchev–Trinajstić information content (AvgIpc) is 2.53. The molecule has 0 aliphatic heterocycles. The van der Waals surface area contributed by atoms with E-state index in [0.717, 1.165) is 19.3 Å². The second-order valence-electron chi connectivity index (χ2n) is 5.94. The van der Waals surface area contributed by atoms with E-state index in [4.69, 9.17) is 15.2 Å². The fourth-order valence-electron chi connectivity index (χ4n) is 2.69. The quantitative estimate of drug-likeness (QED) is 0.858. The molecule has 8 heteroatoms. The number of nitrogens with one attached hydrogen (secondary N) is 1. The lowest BCUT2D eigenvalue weighted by Gasteiger charge is -2.31. The van der Waals surface area contributed by atoms with Crippen molar-refractivity contribution in [2.75, 3.05) is 19.0 Å². The van der Waals surface area contributed by atoms with Crippen LogP contribution in [-0.4, -0.2) is 31.3 Å². The van der Waals surface area contributed by atoms with Crippen molar-refractivity contribution in [3.05, 3.63) is 18.2 Å². The zero-order valence-corrected chi connectivity index (χ0v) is 13.4. The molecule has 3 N–H and O–H groups in total. The predicted molar refractivity (Wildman–Crippen MR) is 83.2 cm³/mol. The maximum atomic E-state index is 12.4. The second-order valence-corrected chi connectivity index (χ2v) is 5.94. The summed E-state index contributed by atoms with van der Waals surface area (Å²) in [5, 5.41) is 2.66. The number of amides is 1. The van der Waals surface area contributed by atoms with Crippen molar-refractivity contribution in [2.24, 2.45) is 5.73 Å². The highest BCUT2D eigenvalue weighted by Crippen LogP contribution is 2.33. The van der Waals surface area contributed by atoms with Crippen LogP contribution in [0.3, 0.4) is 0 Å². The highest BCUT2D eigenvalue weighted by Gasteiger charge is 2.35. The Hall–Kier alpha value is -1.96. The number of hydrogen-bond acceptors (Lipinski definition) is 4. The standard InChI is InChI=1S/C16H21F3N2O3/c1-23-12-6-5-11(9-13(12)24-10-16(17,18)19)21-14(22)15(20)7-3-2-4-8-15/h5-6,9H,2-4,7-8,10,20H2,1H3,(H,21,22). The number of ether oxygens (including phenoxy) is 2. The van der Waals surface area contributed by atoms with Crippen LogP contribution in [0.25, 0.3) is 0 Å². The Morgan fingerprint density at radius 2 is 1.92 bits per heavy atom. The lowest BCUT2D eigenvalue weighted by molar-refractivity contribution is -0.153. The van der Waals surface area contributed by atoms with Crippen LogP contribution in [0, 0.1) is 0 Å². The van der Waals surface area contributed by atoms with E-state index in [9.17, 15) is 18.0 Å². The number of hydrogen-bond donors (Lipinski definition) is 2. The minimum Gasteiger partial charge on any atom is -0.493 e. The molecule has 1 fully saturated rings. The Morgan fingerprint density at radius 3 is 2.50 bits per heavy atom. The van der Waals surface area contributed by atoms with Crippen LogP contribution in [0.1, 0.15) is 32.1 Å². The molecule has 1 amide bonds. The molecule has 0 atom stereocenters. The van der Waals surface area contributed by atoms with E-state index in [1.54, 1.807) is 0 Å². The monoisotopic (exact) mass is 346 g/mol. The molecule has 1 saturated carbocycles. The minimum atomic E-state index is -4.46. The van der Waals surface area contributed by atoms with E-state index in [0.29, 0.717) is 18.5 Å². The molecule has 0 unspecified atom stereocenters. The molecule has 5 nitrogen and oxygen atoms in total. The summed E-state index contributed by atoms with van der Waals surface area (Å²) >= 11 is 0. The number of benzene rings is 1. The summed E-state index contributed by atoms with van der Waals surface area (Å²) in [6, 6.07) is 4.27. The fraction of sp³-hybridized carbons (Fsp3) is 0.562. The smallest absolute Gasteiger partial charge is 0.422 e. The number of nitrogens with two attached hydrogens (primary N) is 1. The molecule has 0 radical (unpaired) electrons. The van der Waals surface area contributed by atoms with Gasteiger partial charge in [-0.25, -0.2) is 0 Å². The Kier molecular flexibility index (Phi) is 5.58. The predicted octanol–water partition coefficient (Wildman–Crippen LogP) is 3.24. The Balaban J connectivity index is 2.11. The van der Waals surface area contributed by atoms with Gasteiger partial charge in [-0.1, -0.05) is 19.3 Å². The number of carbonyl (C=O) groups is 1. The highest BCUT2D eigenvalue weighted by molar-refractivity contribution is 5.98. The largest absolute Gasteiger partial charge is 0.493 e. The van der Waals surface area contributed by atoms with Gasteiger partial charge in [0.05, 0.1) is 12.6 Å². The van der Waals surface area contributed by atoms with Crippen LogP contribution in [-0.2, 0) is 4.79 Å². The molecule has 1 aliphatic carbocycles. The fourth-order valence-corrected chi connectivity index (χ4v) is 2.69. The first-order chi connectivity index (χ1) is 11.2. The molecule has 1 aliphatic rings. The lowest BCUT2D eigenvalue weighted by Crippen LogP contribution is -2.52. The molecule has 0 saturated heterocycles. The first-order valence-corrected chi connectivity index (χ1v) is 7.71. The van der Waals surface area contributed by atoms with Crippen molar-refractivity contribution in [1.29, 1.82) is 0 Å². The third-order valence-electron chi connectivity index (χ3n) is 4.01. The van der Waals surface area contributed by atoms with Crippen LogP contribution in [0.4, 0.5) is 18.9 Å². The average molecular weight is 346 g/mol. The SMILES string of the molecule is COc1ccc(NC(=O)C2(N)CCCCC2)cc1OCC(F)(F)F. The van der Waals surface area contributed by atoms with Crippen LogP contribution in [0.15, 0.2) is 18.2 Å². The van der Waals surface area contributed by atoms with Gasteiger partial charge in [0.1, 0.15) is 0 Å². The number of anilines is 1. The first kappa shape index (κ1) is 18.4. The van der Waals surface area contributed by atoms with Crippen molar-refractivity contribution in [3.8, 4) is 11.5 Å². The molecule has 0 spiro atoms. The van der Waals surface area contributed by atoms with E-state index in [2.05, 4.69) is 5.32 Å². The third-order valence-corrected chi connectivity index (χ3v) is 4.01. The van der Waals surface area contributed by atoms with Gasteiger partial charge in [0.2, 0.25) is 5.91 Å². The van der Waals surface area contributed by atoms with Gasteiger partial charge in [-0.05, 0) is 25.0 Å². The summed E-state index contributed by atoms with van der Waals surface area (Å²) in [6.45, 7) is -1.44. The zero-order valence-electron chi connectivity index (χ0n) is 13.4. The minimum absolute atomic E-state index is 0.0951. The van der Waals surface area contributed by atoms with Crippen molar-refractivity contribution in [3.63, 3.8) is 0 Å². The van der Waals surface area contributed by atoms with Gasteiger partial charge in [-0.3, -0.25) is 4.79 Å². The molecule has 1 aromatic rings. The van der Waals surface area contributed by atoms with Gasteiger partial charge in [-0.2, -0.15) is 13.2 Å². The van der Waals surface area contributed by atoms with Crippen molar-refractivity contribution in [1.82, 2.24) is 0 Å². The maximum Gasteiger partial charge on any atom is 0.422 e. The topological polar surface area (TPSA) is 73.6 Å². The van der Waals surface area contributed by atoms with Crippen LogP contribution in [0.2, 0.25) is 0 Å². The molecule has 0 aromatic heterocycles. The molecule has 134 valence electrons. The van der Waals surface area contributed by atoms with Crippen molar-refractivity contribution >= 4 is 11.6 Å². The van der Waals surface area contributed by atoms with Crippen LogP contribution >= 0.6 is 0 Å². The summed E-state index contributed by atoms with van der Waals surface area (Å²) in [7, 11) is 1.32. The number of carbonyl (C=O) groups excluding carboxylic acids is 1. The van der Waals surface area contributed by atoms with E-state index < -0.39 is 18.3 Å². The Bertz CT molecular complexity index is 584. The normalized spacial score (nSPS) is 17.2. The van der Waals surface area contributed by atoms with Gasteiger partial charge in [0.15, 0.2) is 18.1 Å². The van der Waals surface area contributed by atoms with Crippen molar-refractivity contribution in [2.45, 2.75) is 43.8 Å². The van der Waals surface area contributed by atoms with Crippen LogP contribution in [0.5, 0.6) is 11.5 Å². The second kappa shape index (κ2) is 7.29. The first-order valence-electron chi connectivity index (χ1n) is 7.71. The number of rotatable bonds is 5. The van der Waals surface area contributed by atoms with Crippen molar-refractivity contribution < 1.29 is 27.4 Å². The summed E-state index contributed by atoms with van der Waals surface area (Å²) in [5.41, 5.74) is 5.52. The molecule has 2 rings (SSSR count). The molecular weight excluding hydrogens is 325 g/mol. The summed E-state index contributed by atoms with van der Waals surface area (Å²) < 4.78 is 46.7. The Labute approximate surface area is 138 Å². The molecule has 0 bridgehead atoms. The van der Waals surface area contributed by atoms with Gasteiger partial charge < -0.3 is 20.5 Å². The maximum absolute atomic E-state index is 12.4. The molecule has 1 aromatic carbocycles. The van der Waals surface area contributed by atoms with E-state index in [1.807, 2.05) is 0 Å². The number of methoxy groups -OCH3 is 1. The van der Waals surface area contributed by atoms with E-state index in [-0.39, 0.29) is 17.4 Å². The Morgan fingerprint density at radius 1 is 1.25 bits per heavy atom. The van der Waals surface area contributed by atoms with Gasteiger partial charge in [-0.15, -0.1) is 0 Å². The number of alkyl halides is 3. The van der Waals surface area contributed by atoms with Gasteiger partial charge in [0.25, 0.3) is 0 Å². The lowest BCUT2D eigenvalue weighted by atomic mass is 9.82. The molecule has 24 heavy (non-hydrogen) atoms. The highest BCUT2D eigenvalue weighted by atomic mass is 19.4. The zero-order chi connectivity index (χ0) is 17.8.